The van der Waals surface area contributed by atoms with Crippen molar-refractivity contribution in [2.24, 2.45) is 0 Å². The molecule has 1 atom stereocenters. The second-order valence-corrected chi connectivity index (χ2v) is 8.52. The number of hydrogen-bond acceptors (Lipinski definition) is 8. The summed E-state index contributed by atoms with van der Waals surface area (Å²) in [6.45, 7) is 10.9. The molecule has 4 heterocycles. The molecule has 0 aromatic carbocycles. The number of aromatic amines is 1. The maximum Gasteiger partial charge on any atom is 0.271 e. The number of hydrogen-bond donors (Lipinski definition) is 2. The SMILES string of the molecule is Cc1noc(C)c1-c1c[nH]c(=O)c(N[C@H](C)c2cc(OCCn3cc(C(C)C)nn3)ccn2)c1. The van der Waals surface area contributed by atoms with Gasteiger partial charge in [-0.25, -0.2) is 4.68 Å². The zero-order valence-electron chi connectivity index (χ0n) is 20.0. The highest BCUT2D eigenvalue weighted by molar-refractivity contribution is 5.70. The number of nitrogens with zero attached hydrogens (tertiary/aromatic N) is 5. The van der Waals surface area contributed by atoms with E-state index in [1.54, 1.807) is 23.1 Å². The summed E-state index contributed by atoms with van der Waals surface area (Å²) >= 11 is 0. The Labute approximate surface area is 197 Å². The number of ether oxygens (including phenoxy) is 1. The molecule has 0 aliphatic rings. The van der Waals surface area contributed by atoms with E-state index in [1.165, 1.54) is 0 Å². The molecule has 0 aliphatic heterocycles. The summed E-state index contributed by atoms with van der Waals surface area (Å²) in [5, 5.41) is 15.5. The lowest BCUT2D eigenvalue weighted by molar-refractivity contribution is 0.289. The molecule has 0 saturated heterocycles. The predicted octanol–water partition coefficient (Wildman–Crippen LogP) is 4.01. The Morgan fingerprint density at radius 1 is 1.21 bits per heavy atom. The molecule has 0 amide bonds. The van der Waals surface area contributed by atoms with Crippen LogP contribution in [0.4, 0.5) is 5.69 Å². The number of rotatable bonds is 9. The van der Waals surface area contributed by atoms with Gasteiger partial charge in [0.05, 0.1) is 29.7 Å². The highest BCUT2D eigenvalue weighted by Gasteiger charge is 2.15. The highest BCUT2D eigenvalue weighted by atomic mass is 16.5. The molecule has 4 rings (SSSR count). The summed E-state index contributed by atoms with van der Waals surface area (Å²) in [4.78, 5) is 19.7. The summed E-state index contributed by atoms with van der Waals surface area (Å²) in [5.41, 5.74) is 4.38. The first kappa shape index (κ1) is 23.2. The van der Waals surface area contributed by atoms with Crippen LogP contribution in [0, 0.1) is 13.8 Å². The molecule has 0 fully saturated rings. The van der Waals surface area contributed by atoms with Gasteiger partial charge in [-0.15, -0.1) is 5.10 Å². The minimum Gasteiger partial charge on any atom is -0.492 e. The van der Waals surface area contributed by atoms with E-state index in [-0.39, 0.29) is 11.6 Å². The van der Waals surface area contributed by atoms with Crippen molar-refractivity contribution in [2.75, 3.05) is 11.9 Å². The van der Waals surface area contributed by atoms with Crippen molar-refractivity contribution in [3.8, 4) is 16.9 Å². The van der Waals surface area contributed by atoms with Gasteiger partial charge in [0.1, 0.15) is 23.8 Å². The van der Waals surface area contributed by atoms with Crippen LogP contribution in [0.1, 0.15) is 55.6 Å². The third-order valence-corrected chi connectivity index (χ3v) is 5.53. The minimum atomic E-state index is -0.228. The quantitative estimate of drug-likeness (QED) is 0.382. The molecule has 0 bridgehead atoms. The van der Waals surface area contributed by atoms with E-state index in [1.807, 2.05) is 39.1 Å². The molecule has 178 valence electrons. The molecular formula is C24H29N7O3. The fourth-order valence-corrected chi connectivity index (χ4v) is 3.64. The van der Waals surface area contributed by atoms with Crippen LogP contribution in [-0.2, 0) is 6.54 Å². The molecule has 10 heteroatoms. The van der Waals surface area contributed by atoms with Crippen LogP contribution in [0.2, 0.25) is 0 Å². The van der Waals surface area contributed by atoms with Crippen LogP contribution in [0.3, 0.4) is 0 Å². The molecule has 34 heavy (non-hydrogen) atoms. The highest BCUT2D eigenvalue weighted by Crippen LogP contribution is 2.28. The molecule has 2 N–H and O–H groups in total. The third kappa shape index (κ3) is 5.16. The Balaban J connectivity index is 1.42. The van der Waals surface area contributed by atoms with Gasteiger partial charge in [-0.2, -0.15) is 0 Å². The Bertz CT molecular complexity index is 1300. The Hall–Kier alpha value is -3.95. The summed E-state index contributed by atoms with van der Waals surface area (Å²) in [7, 11) is 0. The van der Waals surface area contributed by atoms with E-state index in [0.29, 0.717) is 36.3 Å². The average Bonchev–Trinajstić information content (AvgIpc) is 3.42. The van der Waals surface area contributed by atoms with E-state index in [9.17, 15) is 4.79 Å². The summed E-state index contributed by atoms with van der Waals surface area (Å²) in [6, 6.07) is 5.24. The fourth-order valence-electron chi connectivity index (χ4n) is 3.64. The monoisotopic (exact) mass is 463 g/mol. The van der Waals surface area contributed by atoms with Gasteiger partial charge >= 0.3 is 0 Å². The van der Waals surface area contributed by atoms with Crippen LogP contribution in [0.15, 0.2) is 46.1 Å². The van der Waals surface area contributed by atoms with Gasteiger partial charge in [-0.05, 0) is 38.8 Å². The van der Waals surface area contributed by atoms with E-state index < -0.39 is 0 Å². The van der Waals surface area contributed by atoms with Crippen molar-refractivity contribution in [1.82, 2.24) is 30.1 Å². The van der Waals surface area contributed by atoms with E-state index in [2.05, 4.69) is 44.6 Å². The molecule has 0 saturated carbocycles. The number of H-pyrrole nitrogens is 1. The normalized spacial score (nSPS) is 12.2. The lowest BCUT2D eigenvalue weighted by Crippen LogP contribution is -2.17. The molecule has 0 unspecified atom stereocenters. The van der Waals surface area contributed by atoms with Gasteiger partial charge in [-0.3, -0.25) is 9.78 Å². The minimum absolute atomic E-state index is 0.219. The second-order valence-electron chi connectivity index (χ2n) is 8.52. The zero-order chi connectivity index (χ0) is 24.2. The number of nitrogens with one attached hydrogen (secondary N) is 2. The van der Waals surface area contributed by atoms with Gasteiger partial charge < -0.3 is 19.6 Å². The maximum atomic E-state index is 12.4. The van der Waals surface area contributed by atoms with Crippen LogP contribution in [0.25, 0.3) is 11.1 Å². The van der Waals surface area contributed by atoms with Crippen molar-refractivity contribution >= 4 is 5.69 Å². The van der Waals surface area contributed by atoms with Crippen LogP contribution >= 0.6 is 0 Å². The smallest absolute Gasteiger partial charge is 0.271 e. The van der Waals surface area contributed by atoms with Gasteiger partial charge in [0.25, 0.3) is 5.56 Å². The van der Waals surface area contributed by atoms with Crippen molar-refractivity contribution in [2.45, 2.75) is 53.1 Å². The molecular weight excluding hydrogens is 434 g/mol. The van der Waals surface area contributed by atoms with Crippen molar-refractivity contribution in [3.05, 3.63) is 70.0 Å². The molecule has 0 radical (unpaired) electrons. The first-order chi connectivity index (χ1) is 16.3. The number of pyridine rings is 2. The Kier molecular flexibility index (Phi) is 6.76. The Morgan fingerprint density at radius 3 is 2.74 bits per heavy atom. The van der Waals surface area contributed by atoms with Gasteiger partial charge in [0.2, 0.25) is 0 Å². The van der Waals surface area contributed by atoms with Crippen molar-refractivity contribution in [3.63, 3.8) is 0 Å². The first-order valence-corrected chi connectivity index (χ1v) is 11.2. The van der Waals surface area contributed by atoms with Crippen molar-refractivity contribution in [1.29, 1.82) is 0 Å². The summed E-state index contributed by atoms with van der Waals surface area (Å²) in [6.07, 6.45) is 5.29. The second kappa shape index (κ2) is 9.90. The van der Waals surface area contributed by atoms with Crippen LogP contribution in [-0.4, -0.2) is 36.7 Å². The first-order valence-electron chi connectivity index (χ1n) is 11.2. The lowest BCUT2D eigenvalue weighted by atomic mass is 10.1. The standard InChI is InChI=1S/C24H29N7O3/c1-14(2)22-13-31(30-28-22)8-9-33-19-6-7-25-20(11-19)15(3)27-21-10-18(12-26-24(21)32)23-16(4)29-34-17(23)5/h6-7,10-15,27H,8-9H2,1-5H3,(H,26,32)/t15-/m1/s1. The largest absolute Gasteiger partial charge is 0.492 e. The Morgan fingerprint density at radius 2 is 2.03 bits per heavy atom. The molecule has 0 spiro atoms. The zero-order valence-corrected chi connectivity index (χ0v) is 20.0. The van der Waals surface area contributed by atoms with Gasteiger partial charge in [0.15, 0.2) is 0 Å². The average molecular weight is 464 g/mol. The van der Waals surface area contributed by atoms with E-state index in [0.717, 1.165) is 28.2 Å². The summed E-state index contributed by atoms with van der Waals surface area (Å²) < 4.78 is 12.9. The fraction of sp³-hybridized carbons (Fsp3) is 0.375. The number of anilines is 1. The molecule has 4 aromatic heterocycles. The van der Waals surface area contributed by atoms with E-state index in [4.69, 9.17) is 9.26 Å². The van der Waals surface area contributed by atoms with Gasteiger partial charge in [0, 0.05) is 35.8 Å². The number of aromatic nitrogens is 6. The van der Waals surface area contributed by atoms with Crippen LogP contribution < -0.4 is 15.6 Å². The molecule has 4 aromatic rings. The molecule has 10 nitrogen and oxygen atoms in total. The third-order valence-electron chi connectivity index (χ3n) is 5.53. The molecule has 0 aliphatic carbocycles. The van der Waals surface area contributed by atoms with Gasteiger partial charge in [-0.1, -0.05) is 24.2 Å². The lowest BCUT2D eigenvalue weighted by Gasteiger charge is -2.16. The van der Waals surface area contributed by atoms with Crippen molar-refractivity contribution < 1.29 is 9.26 Å². The topological polar surface area (TPSA) is 124 Å². The van der Waals surface area contributed by atoms with E-state index >= 15 is 0 Å². The number of aryl methyl sites for hydroxylation is 2. The van der Waals surface area contributed by atoms with Crippen LogP contribution in [0.5, 0.6) is 5.75 Å². The summed E-state index contributed by atoms with van der Waals surface area (Å²) in [5.74, 6) is 1.73. The maximum absolute atomic E-state index is 12.4. The predicted molar refractivity (Wildman–Crippen MR) is 128 cm³/mol.